The summed E-state index contributed by atoms with van der Waals surface area (Å²) in [5, 5.41) is 10.7. The summed E-state index contributed by atoms with van der Waals surface area (Å²) in [7, 11) is -1.89. The third-order valence-electron chi connectivity index (χ3n) is 5.18. The first-order valence-corrected chi connectivity index (χ1v) is 11.2. The Bertz CT molecular complexity index is 919. The van der Waals surface area contributed by atoms with Crippen molar-refractivity contribution in [2.24, 2.45) is 0 Å². The monoisotopic (exact) mass is 418 g/mol. The van der Waals surface area contributed by atoms with Crippen molar-refractivity contribution in [2.75, 3.05) is 13.6 Å². The van der Waals surface area contributed by atoms with Crippen LogP contribution in [0.4, 0.5) is 5.69 Å². The maximum absolute atomic E-state index is 12.5. The number of nitro groups is 1. The molecule has 0 bridgehead atoms. The van der Waals surface area contributed by atoms with Crippen LogP contribution in [0.2, 0.25) is 0 Å². The molecule has 156 valence electrons. The summed E-state index contributed by atoms with van der Waals surface area (Å²) in [6.07, 6.45) is 2.58. The first-order valence-electron chi connectivity index (χ1n) is 9.58. The molecular weight excluding hydrogens is 392 g/mol. The Labute approximate surface area is 171 Å². The molecule has 0 radical (unpaired) electrons. The highest BCUT2D eigenvalue weighted by Crippen LogP contribution is 2.24. The van der Waals surface area contributed by atoms with Crippen LogP contribution < -0.4 is 10.9 Å². The zero-order chi connectivity index (χ0) is 20.9. The van der Waals surface area contributed by atoms with E-state index in [9.17, 15) is 18.5 Å². The maximum Gasteiger partial charge on any atom is 0.269 e. The van der Waals surface area contributed by atoms with E-state index < -0.39 is 14.9 Å². The Morgan fingerprint density at radius 1 is 1.10 bits per heavy atom. The molecule has 1 aliphatic heterocycles. The summed E-state index contributed by atoms with van der Waals surface area (Å²) in [4.78, 5) is 10.2. The van der Waals surface area contributed by atoms with Crippen LogP contribution >= 0.6 is 0 Å². The molecule has 1 saturated heterocycles. The standard InChI is InChI=1S/C20H26N4O4S/c1-23(29(27,28)15-16-9-11-19(12-10-16)24(25)26)13-5-8-18-14-20(22-21-18)17-6-3-2-4-7-17/h2-4,6-7,9-12,18,20-22H,5,8,13-15H2,1H3. The first kappa shape index (κ1) is 21.4. The number of rotatable bonds is 9. The highest BCUT2D eigenvalue weighted by molar-refractivity contribution is 7.88. The molecule has 0 spiro atoms. The number of hydrazine groups is 1. The molecule has 8 nitrogen and oxygen atoms in total. The normalized spacial score (nSPS) is 19.5. The van der Waals surface area contributed by atoms with Crippen molar-refractivity contribution >= 4 is 15.7 Å². The SMILES string of the molecule is CN(CCCC1CC(c2ccccc2)NN1)S(=O)(=O)Cc1ccc([N+](=O)[O-])cc1. The van der Waals surface area contributed by atoms with E-state index in [0.29, 0.717) is 18.2 Å². The number of non-ortho nitro benzene ring substituents is 1. The molecule has 2 atom stereocenters. The molecule has 0 aliphatic carbocycles. The summed E-state index contributed by atoms with van der Waals surface area (Å²) in [6, 6.07) is 16.4. The van der Waals surface area contributed by atoms with Crippen molar-refractivity contribution in [1.29, 1.82) is 0 Å². The predicted octanol–water partition coefficient (Wildman–Crippen LogP) is 2.74. The number of hydrogen-bond donors (Lipinski definition) is 2. The maximum atomic E-state index is 12.5. The molecule has 9 heteroatoms. The lowest BCUT2D eigenvalue weighted by Crippen LogP contribution is -2.33. The Morgan fingerprint density at radius 2 is 1.79 bits per heavy atom. The minimum atomic E-state index is -3.47. The fourth-order valence-electron chi connectivity index (χ4n) is 3.45. The average molecular weight is 419 g/mol. The quantitative estimate of drug-likeness (QED) is 0.479. The van der Waals surface area contributed by atoms with Gasteiger partial charge in [0.15, 0.2) is 0 Å². The molecule has 1 heterocycles. The van der Waals surface area contributed by atoms with Gasteiger partial charge in [-0.1, -0.05) is 42.5 Å². The van der Waals surface area contributed by atoms with E-state index in [1.165, 1.54) is 34.1 Å². The first-order chi connectivity index (χ1) is 13.8. The summed E-state index contributed by atoms with van der Waals surface area (Å²) in [6.45, 7) is 0.434. The third kappa shape index (κ3) is 5.83. The van der Waals surface area contributed by atoms with Gasteiger partial charge in [-0.2, -0.15) is 0 Å². The Balaban J connectivity index is 1.45. The van der Waals surface area contributed by atoms with Crippen LogP contribution in [0.5, 0.6) is 0 Å². The molecule has 0 amide bonds. The van der Waals surface area contributed by atoms with Gasteiger partial charge < -0.3 is 0 Å². The van der Waals surface area contributed by atoms with E-state index in [2.05, 4.69) is 23.0 Å². The fourth-order valence-corrected chi connectivity index (χ4v) is 4.69. The molecule has 2 unspecified atom stereocenters. The molecule has 29 heavy (non-hydrogen) atoms. The van der Waals surface area contributed by atoms with Gasteiger partial charge in [-0.15, -0.1) is 0 Å². The average Bonchev–Trinajstić information content (AvgIpc) is 3.17. The van der Waals surface area contributed by atoms with Gasteiger partial charge in [0, 0.05) is 37.8 Å². The molecule has 1 aliphatic rings. The van der Waals surface area contributed by atoms with Gasteiger partial charge in [0.25, 0.3) is 5.69 Å². The van der Waals surface area contributed by atoms with E-state index in [0.717, 1.165) is 19.3 Å². The second kappa shape index (κ2) is 9.45. The summed E-state index contributed by atoms with van der Waals surface area (Å²) >= 11 is 0. The fraction of sp³-hybridized carbons (Fsp3) is 0.400. The van der Waals surface area contributed by atoms with Crippen molar-refractivity contribution in [1.82, 2.24) is 15.2 Å². The minimum absolute atomic E-state index is 0.0500. The lowest BCUT2D eigenvalue weighted by Gasteiger charge is -2.18. The van der Waals surface area contributed by atoms with Gasteiger partial charge in [0.05, 0.1) is 10.7 Å². The molecule has 0 aromatic heterocycles. The summed E-state index contributed by atoms with van der Waals surface area (Å²) in [5.74, 6) is -0.166. The number of nitrogens with one attached hydrogen (secondary N) is 2. The zero-order valence-corrected chi connectivity index (χ0v) is 17.1. The molecule has 3 rings (SSSR count). The van der Waals surface area contributed by atoms with E-state index in [-0.39, 0.29) is 17.5 Å². The lowest BCUT2D eigenvalue weighted by atomic mass is 10.00. The van der Waals surface area contributed by atoms with Crippen molar-refractivity contribution in [3.05, 3.63) is 75.8 Å². The highest BCUT2D eigenvalue weighted by Gasteiger charge is 2.25. The van der Waals surface area contributed by atoms with Crippen LogP contribution in [0.15, 0.2) is 54.6 Å². The lowest BCUT2D eigenvalue weighted by molar-refractivity contribution is -0.384. The Kier molecular flexibility index (Phi) is 6.96. The van der Waals surface area contributed by atoms with Crippen molar-refractivity contribution in [3.8, 4) is 0 Å². The van der Waals surface area contributed by atoms with Crippen LogP contribution in [0.3, 0.4) is 0 Å². The molecule has 2 aromatic rings. The topological polar surface area (TPSA) is 105 Å². The minimum Gasteiger partial charge on any atom is -0.258 e. The van der Waals surface area contributed by atoms with Crippen LogP contribution in [-0.2, 0) is 15.8 Å². The van der Waals surface area contributed by atoms with Gasteiger partial charge in [-0.25, -0.2) is 12.7 Å². The number of hydrogen-bond acceptors (Lipinski definition) is 6. The van der Waals surface area contributed by atoms with Crippen molar-refractivity contribution in [3.63, 3.8) is 0 Å². The van der Waals surface area contributed by atoms with Gasteiger partial charge in [0.1, 0.15) is 0 Å². The van der Waals surface area contributed by atoms with Crippen molar-refractivity contribution in [2.45, 2.75) is 37.1 Å². The predicted molar refractivity (Wildman–Crippen MR) is 111 cm³/mol. The van der Waals surface area contributed by atoms with E-state index >= 15 is 0 Å². The van der Waals surface area contributed by atoms with Gasteiger partial charge >= 0.3 is 0 Å². The van der Waals surface area contributed by atoms with E-state index in [4.69, 9.17) is 0 Å². The smallest absolute Gasteiger partial charge is 0.258 e. The molecule has 2 N–H and O–H groups in total. The van der Waals surface area contributed by atoms with Crippen LogP contribution in [0.1, 0.15) is 36.4 Å². The molecular formula is C20H26N4O4S. The zero-order valence-electron chi connectivity index (χ0n) is 16.3. The van der Waals surface area contributed by atoms with E-state index in [1.807, 2.05) is 18.2 Å². The molecule has 2 aromatic carbocycles. The largest absolute Gasteiger partial charge is 0.269 e. The molecule has 1 fully saturated rings. The molecule has 0 saturated carbocycles. The van der Waals surface area contributed by atoms with Crippen LogP contribution in [0.25, 0.3) is 0 Å². The number of nitrogens with zero attached hydrogens (tertiary/aromatic N) is 2. The van der Waals surface area contributed by atoms with Crippen molar-refractivity contribution < 1.29 is 13.3 Å². The van der Waals surface area contributed by atoms with Crippen LogP contribution in [-0.4, -0.2) is 37.3 Å². The van der Waals surface area contributed by atoms with Gasteiger partial charge in [0.2, 0.25) is 10.0 Å². The summed E-state index contributed by atoms with van der Waals surface area (Å²) in [5.41, 5.74) is 8.33. The Hall–Kier alpha value is -2.33. The second-order valence-corrected chi connectivity index (χ2v) is 9.40. The van der Waals surface area contributed by atoms with Crippen LogP contribution in [0, 0.1) is 10.1 Å². The number of benzene rings is 2. The number of nitro benzene ring substituents is 1. The second-order valence-electron chi connectivity index (χ2n) is 7.33. The van der Waals surface area contributed by atoms with E-state index in [1.54, 1.807) is 7.05 Å². The number of sulfonamides is 1. The van der Waals surface area contributed by atoms with Gasteiger partial charge in [-0.3, -0.25) is 21.0 Å². The van der Waals surface area contributed by atoms with Gasteiger partial charge in [-0.05, 0) is 30.4 Å². The Morgan fingerprint density at radius 3 is 2.45 bits per heavy atom. The highest BCUT2D eigenvalue weighted by atomic mass is 32.2. The summed E-state index contributed by atoms with van der Waals surface area (Å²) < 4.78 is 26.5. The third-order valence-corrected chi connectivity index (χ3v) is 7.01.